The molecular formula is C52H43N. The summed E-state index contributed by atoms with van der Waals surface area (Å²) in [5, 5.41) is 0. The number of benzene rings is 7. The Morgan fingerprint density at radius 2 is 1.09 bits per heavy atom. The second-order valence-corrected chi connectivity index (χ2v) is 16.5. The molecule has 53 heavy (non-hydrogen) atoms. The molecule has 0 amide bonds. The van der Waals surface area contributed by atoms with Crippen molar-refractivity contribution in [2.24, 2.45) is 11.8 Å². The van der Waals surface area contributed by atoms with E-state index in [4.69, 9.17) is 0 Å². The molecule has 2 fully saturated rings. The van der Waals surface area contributed by atoms with E-state index in [9.17, 15) is 0 Å². The van der Waals surface area contributed by atoms with Gasteiger partial charge in [0.2, 0.25) is 0 Å². The molecule has 1 heteroatoms. The molecule has 3 atom stereocenters. The topological polar surface area (TPSA) is 3.24 Å². The Morgan fingerprint density at radius 1 is 0.472 bits per heavy atom. The van der Waals surface area contributed by atoms with Crippen LogP contribution in [0.2, 0.25) is 0 Å². The molecule has 2 bridgehead atoms. The molecule has 0 aromatic heterocycles. The number of anilines is 3. The predicted molar refractivity (Wildman–Crippen MR) is 221 cm³/mol. The Bertz CT molecular complexity index is 2580. The Kier molecular flexibility index (Phi) is 6.66. The molecule has 3 unspecified atom stereocenters. The highest BCUT2D eigenvalue weighted by atomic mass is 15.1. The van der Waals surface area contributed by atoms with Gasteiger partial charge in [-0.05, 0) is 123 Å². The van der Waals surface area contributed by atoms with Gasteiger partial charge < -0.3 is 4.90 Å². The lowest BCUT2D eigenvalue weighted by Gasteiger charge is -2.37. The van der Waals surface area contributed by atoms with Crippen molar-refractivity contribution < 1.29 is 0 Å². The number of fused-ring (bicyclic) bond motifs is 11. The average molecular weight is 682 g/mol. The number of hydrogen-bond acceptors (Lipinski definition) is 1. The van der Waals surface area contributed by atoms with Gasteiger partial charge in [0.15, 0.2) is 0 Å². The van der Waals surface area contributed by atoms with Crippen LogP contribution >= 0.6 is 0 Å². The lowest BCUT2D eigenvalue weighted by molar-refractivity contribution is 0.327. The standard InChI is InChI=1S/C52H43N/c1-51(2)46-23-9-6-20-43(46)45-22-13-21-41(50(45)51)36-16-12-17-38(31-36)53(49-25-11-8-18-40(49)35-14-4-3-5-15-35)39-28-29-44-42-19-7-10-24-47(42)52(48(44)32-39)33-34-26-27-37(52)30-34/h3-25,28-29,31-32,34,37H,26-27,30,33H2,1-2H3. The third kappa shape index (κ3) is 4.37. The molecule has 0 saturated heterocycles. The highest BCUT2D eigenvalue weighted by Crippen LogP contribution is 2.66. The fourth-order valence-corrected chi connectivity index (χ4v) is 11.4. The number of nitrogens with zero attached hydrogens (tertiary/aromatic N) is 1. The van der Waals surface area contributed by atoms with E-state index >= 15 is 0 Å². The van der Waals surface area contributed by atoms with E-state index < -0.39 is 0 Å². The summed E-state index contributed by atoms with van der Waals surface area (Å²) in [6.07, 6.45) is 5.37. The maximum absolute atomic E-state index is 2.59. The summed E-state index contributed by atoms with van der Waals surface area (Å²) < 4.78 is 0. The third-order valence-corrected chi connectivity index (χ3v) is 13.5. The normalized spacial score (nSPS) is 20.9. The quantitative estimate of drug-likeness (QED) is 0.175. The Labute approximate surface area is 313 Å². The minimum absolute atomic E-state index is 0.0951. The molecule has 0 aliphatic heterocycles. The van der Waals surface area contributed by atoms with Crippen molar-refractivity contribution in [3.8, 4) is 44.5 Å². The summed E-state index contributed by atoms with van der Waals surface area (Å²) in [7, 11) is 0. The van der Waals surface area contributed by atoms with Crippen LogP contribution in [0.5, 0.6) is 0 Å². The van der Waals surface area contributed by atoms with Crippen molar-refractivity contribution in [3.63, 3.8) is 0 Å². The van der Waals surface area contributed by atoms with Gasteiger partial charge in [0.25, 0.3) is 0 Å². The Morgan fingerprint density at radius 3 is 1.89 bits per heavy atom. The third-order valence-electron chi connectivity index (χ3n) is 13.5. The van der Waals surface area contributed by atoms with Gasteiger partial charge in [0.1, 0.15) is 0 Å². The van der Waals surface area contributed by atoms with Gasteiger partial charge in [0, 0.05) is 27.8 Å². The molecule has 256 valence electrons. The lowest BCUT2D eigenvalue weighted by Crippen LogP contribution is -2.32. The van der Waals surface area contributed by atoms with Crippen LogP contribution in [-0.4, -0.2) is 0 Å². The highest BCUT2D eigenvalue weighted by molar-refractivity contribution is 5.93. The van der Waals surface area contributed by atoms with Crippen LogP contribution in [0.15, 0.2) is 164 Å². The van der Waals surface area contributed by atoms with Gasteiger partial charge in [-0.2, -0.15) is 0 Å². The van der Waals surface area contributed by atoms with Crippen LogP contribution in [0.4, 0.5) is 17.1 Å². The van der Waals surface area contributed by atoms with Crippen molar-refractivity contribution >= 4 is 17.1 Å². The van der Waals surface area contributed by atoms with E-state index in [1.807, 2.05) is 0 Å². The van der Waals surface area contributed by atoms with Gasteiger partial charge in [0.05, 0.1) is 5.69 Å². The van der Waals surface area contributed by atoms with E-state index in [1.54, 1.807) is 11.1 Å². The first kappa shape index (κ1) is 30.9. The number of para-hydroxylation sites is 1. The monoisotopic (exact) mass is 681 g/mol. The summed E-state index contributed by atoms with van der Waals surface area (Å²) in [5.74, 6) is 1.54. The molecule has 4 aliphatic rings. The molecule has 0 radical (unpaired) electrons. The smallest absolute Gasteiger partial charge is 0.0540 e. The highest BCUT2D eigenvalue weighted by Gasteiger charge is 2.56. The van der Waals surface area contributed by atoms with Crippen molar-refractivity contribution in [1.82, 2.24) is 0 Å². The number of rotatable bonds is 5. The first-order valence-corrected chi connectivity index (χ1v) is 19.6. The summed E-state index contributed by atoms with van der Waals surface area (Å²) in [6.45, 7) is 4.78. The second-order valence-electron chi connectivity index (χ2n) is 16.5. The zero-order chi connectivity index (χ0) is 35.3. The van der Waals surface area contributed by atoms with E-state index in [0.29, 0.717) is 5.92 Å². The summed E-state index contributed by atoms with van der Waals surface area (Å²) in [5.41, 5.74) is 20.2. The van der Waals surface area contributed by atoms with Crippen molar-refractivity contribution in [3.05, 3.63) is 186 Å². The second kappa shape index (κ2) is 11.4. The first-order chi connectivity index (χ1) is 26.0. The van der Waals surface area contributed by atoms with Crippen LogP contribution in [0.3, 0.4) is 0 Å². The molecule has 4 aliphatic carbocycles. The van der Waals surface area contributed by atoms with E-state index in [-0.39, 0.29) is 10.8 Å². The van der Waals surface area contributed by atoms with Crippen molar-refractivity contribution in [1.29, 1.82) is 0 Å². The summed E-state index contributed by atoms with van der Waals surface area (Å²) >= 11 is 0. The summed E-state index contributed by atoms with van der Waals surface area (Å²) in [4.78, 5) is 2.54. The van der Waals surface area contributed by atoms with Crippen molar-refractivity contribution in [2.45, 2.75) is 50.4 Å². The van der Waals surface area contributed by atoms with E-state index in [0.717, 1.165) is 5.92 Å². The fraction of sp³-hybridized carbons (Fsp3) is 0.192. The van der Waals surface area contributed by atoms with Crippen LogP contribution in [0.25, 0.3) is 44.5 Å². The molecular weight excluding hydrogens is 639 g/mol. The molecule has 11 rings (SSSR count). The SMILES string of the molecule is CC1(C)c2ccccc2-c2cccc(-c3cccc(N(c4ccc5c(c4)C4(CC6CCC4C6)c4ccccc4-5)c4ccccc4-c4ccccc4)c3)c21. The average Bonchev–Trinajstić information content (AvgIpc) is 3.96. The van der Waals surface area contributed by atoms with Gasteiger partial charge in [-0.15, -0.1) is 0 Å². The molecule has 0 N–H and O–H groups in total. The predicted octanol–water partition coefficient (Wildman–Crippen LogP) is 13.9. The van der Waals surface area contributed by atoms with Crippen molar-refractivity contribution in [2.75, 3.05) is 4.90 Å². The Hall–Kier alpha value is -5.66. The minimum Gasteiger partial charge on any atom is -0.310 e. The fourth-order valence-electron chi connectivity index (χ4n) is 11.4. The lowest BCUT2D eigenvalue weighted by atomic mass is 9.67. The van der Waals surface area contributed by atoms with Gasteiger partial charge >= 0.3 is 0 Å². The minimum atomic E-state index is -0.0951. The van der Waals surface area contributed by atoms with Crippen LogP contribution in [-0.2, 0) is 10.8 Å². The van der Waals surface area contributed by atoms with Gasteiger partial charge in [-0.1, -0.05) is 154 Å². The summed E-state index contributed by atoms with van der Waals surface area (Å²) in [6, 6.07) is 61.8. The molecule has 1 nitrogen and oxygen atoms in total. The molecule has 7 aromatic carbocycles. The maximum Gasteiger partial charge on any atom is 0.0540 e. The van der Waals surface area contributed by atoms with Crippen LogP contribution < -0.4 is 4.90 Å². The van der Waals surface area contributed by atoms with Gasteiger partial charge in [-0.25, -0.2) is 0 Å². The molecule has 1 spiro atoms. The molecule has 0 heterocycles. The molecule has 2 saturated carbocycles. The first-order valence-electron chi connectivity index (χ1n) is 19.6. The van der Waals surface area contributed by atoms with E-state index in [2.05, 4.69) is 183 Å². The van der Waals surface area contributed by atoms with Crippen LogP contribution in [0, 0.1) is 11.8 Å². The van der Waals surface area contributed by atoms with E-state index in [1.165, 1.54) is 98.4 Å². The number of hydrogen-bond donors (Lipinski definition) is 0. The zero-order valence-corrected chi connectivity index (χ0v) is 30.5. The maximum atomic E-state index is 2.59. The van der Waals surface area contributed by atoms with Gasteiger partial charge in [-0.3, -0.25) is 0 Å². The van der Waals surface area contributed by atoms with Crippen LogP contribution in [0.1, 0.15) is 61.8 Å². The molecule has 7 aromatic rings. The zero-order valence-electron chi connectivity index (χ0n) is 30.5. The largest absolute Gasteiger partial charge is 0.310 e. The Balaban J connectivity index is 1.12.